The van der Waals surface area contributed by atoms with Gasteiger partial charge in [-0.2, -0.15) is 0 Å². The van der Waals surface area contributed by atoms with Gasteiger partial charge in [-0.3, -0.25) is 4.79 Å². The van der Waals surface area contributed by atoms with Gasteiger partial charge >= 0.3 is 0 Å². The van der Waals surface area contributed by atoms with Crippen molar-refractivity contribution in [1.29, 1.82) is 0 Å². The first kappa shape index (κ1) is 12.9. The van der Waals surface area contributed by atoms with Crippen molar-refractivity contribution in [3.05, 3.63) is 58.4 Å². The Bertz CT molecular complexity index is 702. The van der Waals surface area contributed by atoms with Gasteiger partial charge in [0.15, 0.2) is 0 Å². The van der Waals surface area contributed by atoms with Gasteiger partial charge in [0.05, 0.1) is 22.0 Å². The van der Waals surface area contributed by atoms with Crippen LogP contribution in [0.25, 0.3) is 0 Å². The van der Waals surface area contributed by atoms with Crippen molar-refractivity contribution in [3.8, 4) is 0 Å². The lowest BCUT2D eigenvalue weighted by Crippen LogP contribution is -2.29. The molecule has 0 aliphatic carbocycles. The van der Waals surface area contributed by atoms with E-state index in [9.17, 15) is 9.18 Å². The molecule has 2 aromatic carbocycles. The fourth-order valence-corrected chi connectivity index (χ4v) is 2.63. The van der Waals surface area contributed by atoms with Crippen LogP contribution in [0.1, 0.15) is 15.9 Å². The highest BCUT2D eigenvalue weighted by Crippen LogP contribution is 2.32. The molecule has 0 bridgehead atoms. The lowest BCUT2D eigenvalue weighted by Gasteiger charge is -2.18. The third kappa shape index (κ3) is 2.02. The molecule has 0 saturated carbocycles. The highest BCUT2D eigenvalue weighted by atomic mass is 35.5. The van der Waals surface area contributed by atoms with E-state index in [1.807, 2.05) is 0 Å². The van der Waals surface area contributed by atoms with E-state index >= 15 is 0 Å². The van der Waals surface area contributed by atoms with Crippen LogP contribution in [0.3, 0.4) is 0 Å². The number of nitrogen functional groups attached to an aromatic ring is 1. The summed E-state index contributed by atoms with van der Waals surface area (Å²) in [6.45, 7) is 0.517. The number of benzene rings is 2. The van der Waals surface area contributed by atoms with Crippen LogP contribution in [0.15, 0.2) is 36.4 Å². The number of nitrogens with two attached hydrogens (primary N) is 1. The number of halogens is 2. The molecule has 2 aromatic rings. The Morgan fingerprint density at radius 3 is 2.90 bits per heavy atom. The second kappa shape index (κ2) is 4.80. The second-order valence-corrected chi connectivity index (χ2v) is 5.07. The molecule has 0 spiro atoms. The number of carbonyl (C=O) groups is 1. The minimum atomic E-state index is -0.359. The molecule has 0 atom stereocenters. The summed E-state index contributed by atoms with van der Waals surface area (Å²) in [5.41, 5.74) is 7.97. The van der Waals surface area contributed by atoms with Gasteiger partial charge in [-0.1, -0.05) is 23.7 Å². The van der Waals surface area contributed by atoms with Gasteiger partial charge in [0.25, 0.3) is 5.91 Å². The molecule has 2 N–H and O–H groups in total. The first-order valence-corrected chi connectivity index (χ1v) is 6.60. The Labute approximate surface area is 120 Å². The van der Waals surface area contributed by atoms with E-state index in [-0.39, 0.29) is 16.7 Å². The van der Waals surface area contributed by atoms with Gasteiger partial charge in [-0.25, -0.2) is 4.39 Å². The molecule has 0 unspecified atom stereocenters. The zero-order chi connectivity index (χ0) is 14.3. The first-order chi connectivity index (χ1) is 9.58. The lowest BCUT2D eigenvalue weighted by atomic mass is 10.1. The topological polar surface area (TPSA) is 46.3 Å². The molecule has 102 valence electrons. The highest BCUT2D eigenvalue weighted by molar-refractivity contribution is 6.37. The second-order valence-electron chi connectivity index (χ2n) is 4.69. The minimum Gasteiger partial charge on any atom is -0.398 e. The van der Waals surface area contributed by atoms with E-state index in [2.05, 4.69) is 0 Å². The van der Waals surface area contributed by atoms with Crippen molar-refractivity contribution in [3.63, 3.8) is 0 Å². The first-order valence-electron chi connectivity index (χ1n) is 6.22. The molecule has 3 rings (SSSR count). The highest BCUT2D eigenvalue weighted by Gasteiger charge is 2.27. The Balaban J connectivity index is 2.02. The van der Waals surface area contributed by atoms with Crippen LogP contribution in [0.5, 0.6) is 0 Å². The molecule has 1 aliphatic rings. The average Bonchev–Trinajstić information content (AvgIpc) is 2.84. The van der Waals surface area contributed by atoms with Gasteiger partial charge in [-0.15, -0.1) is 0 Å². The summed E-state index contributed by atoms with van der Waals surface area (Å²) >= 11 is 6.08. The molecule has 1 amide bonds. The van der Waals surface area contributed by atoms with Crippen LogP contribution in [-0.2, 0) is 6.42 Å². The van der Waals surface area contributed by atoms with E-state index in [0.29, 0.717) is 29.9 Å². The number of rotatable bonds is 1. The van der Waals surface area contributed by atoms with E-state index in [4.69, 9.17) is 17.3 Å². The Morgan fingerprint density at radius 2 is 2.10 bits per heavy atom. The molecular formula is C15H12ClFN2O. The van der Waals surface area contributed by atoms with Gasteiger partial charge in [0.2, 0.25) is 0 Å². The third-order valence-electron chi connectivity index (χ3n) is 3.45. The van der Waals surface area contributed by atoms with Gasteiger partial charge in [0.1, 0.15) is 5.82 Å². The number of amides is 1. The summed E-state index contributed by atoms with van der Waals surface area (Å²) in [5.74, 6) is -0.617. The Morgan fingerprint density at radius 1 is 1.30 bits per heavy atom. The average molecular weight is 291 g/mol. The number of fused-ring (bicyclic) bond motifs is 1. The smallest absolute Gasteiger partial charge is 0.259 e. The van der Waals surface area contributed by atoms with Crippen LogP contribution < -0.4 is 10.6 Å². The van der Waals surface area contributed by atoms with Crippen molar-refractivity contribution in [1.82, 2.24) is 0 Å². The maximum atomic E-state index is 13.4. The molecule has 3 nitrogen and oxygen atoms in total. The van der Waals surface area contributed by atoms with Crippen molar-refractivity contribution >= 4 is 28.9 Å². The molecule has 5 heteroatoms. The van der Waals surface area contributed by atoms with Crippen molar-refractivity contribution < 1.29 is 9.18 Å². The van der Waals surface area contributed by atoms with Crippen LogP contribution in [0.4, 0.5) is 15.8 Å². The van der Waals surface area contributed by atoms with Crippen molar-refractivity contribution in [2.75, 3.05) is 17.2 Å². The minimum absolute atomic E-state index is 0.238. The quantitative estimate of drug-likeness (QED) is 0.819. The molecule has 0 saturated heterocycles. The molecular weight excluding hydrogens is 279 g/mol. The lowest BCUT2D eigenvalue weighted by molar-refractivity contribution is 0.0989. The van der Waals surface area contributed by atoms with Gasteiger partial charge in [0, 0.05) is 6.54 Å². The largest absolute Gasteiger partial charge is 0.398 e. The number of nitrogens with zero attached hydrogens (tertiary/aromatic N) is 1. The summed E-state index contributed by atoms with van der Waals surface area (Å²) in [6.07, 6.45) is 0.710. The number of hydrogen-bond acceptors (Lipinski definition) is 2. The van der Waals surface area contributed by atoms with Gasteiger partial charge < -0.3 is 10.6 Å². The zero-order valence-electron chi connectivity index (χ0n) is 10.6. The zero-order valence-corrected chi connectivity index (χ0v) is 11.3. The number of carbonyl (C=O) groups excluding carboxylic acids is 1. The van der Waals surface area contributed by atoms with Crippen molar-refractivity contribution in [2.24, 2.45) is 0 Å². The van der Waals surface area contributed by atoms with Crippen LogP contribution in [0, 0.1) is 5.82 Å². The third-order valence-corrected chi connectivity index (χ3v) is 3.87. The van der Waals surface area contributed by atoms with E-state index < -0.39 is 0 Å². The normalized spacial score (nSPS) is 13.4. The summed E-state index contributed by atoms with van der Waals surface area (Å²) in [5, 5.41) is 0.238. The van der Waals surface area contributed by atoms with E-state index in [1.165, 1.54) is 12.1 Å². The summed E-state index contributed by atoms with van der Waals surface area (Å²) in [4.78, 5) is 14.1. The Kier molecular flexibility index (Phi) is 3.10. The van der Waals surface area contributed by atoms with Crippen LogP contribution in [0.2, 0.25) is 5.02 Å². The molecule has 1 aliphatic heterocycles. The maximum absolute atomic E-state index is 13.4. The van der Waals surface area contributed by atoms with Crippen LogP contribution >= 0.6 is 11.6 Å². The number of hydrogen-bond donors (Lipinski definition) is 1. The van der Waals surface area contributed by atoms with E-state index in [0.717, 1.165) is 5.56 Å². The van der Waals surface area contributed by atoms with Gasteiger partial charge in [-0.05, 0) is 36.2 Å². The standard InChI is InChI=1S/C15H12ClFN2O/c16-14-11(2-1-3-12(14)18)15(20)19-7-6-9-4-5-10(17)8-13(9)19/h1-5,8H,6-7,18H2. The predicted octanol–water partition coefficient (Wildman–Crippen LogP) is 3.26. The molecule has 0 aromatic heterocycles. The van der Waals surface area contributed by atoms with Crippen LogP contribution in [-0.4, -0.2) is 12.5 Å². The summed E-state index contributed by atoms with van der Waals surface area (Å²) < 4.78 is 13.4. The van der Waals surface area contributed by atoms with E-state index in [1.54, 1.807) is 29.2 Å². The SMILES string of the molecule is Nc1cccc(C(=O)N2CCc3ccc(F)cc32)c1Cl. The summed E-state index contributed by atoms with van der Waals surface area (Å²) in [7, 11) is 0. The fraction of sp³-hybridized carbons (Fsp3) is 0.133. The predicted molar refractivity (Wildman–Crippen MR) is 77.6 cm³/mol. The summed E-state index contributed by atoms with van der Waals surface area (Å²) in [6, 6.07) is 9.42. The molecule has 20 heavy (non-hydrogen) atoms. The van der Waals surface area contributed by atoms with Crippen molar-refractivity contribution in [2.45, 2.75) is 6.42 Å². The number of anilines is 2. The molecule has 1 heterocycles. The monoisotopic (exact) mass is 290 g/mol. The molecule has 0 fully saturated rings. The Hall–Kier alpha value is -2.07. The molecule has 0 radical (unpaired) electrons. The fourth-order valence-electron chi connectivity index (χ4n) is 2.42. The maximum Gasteiger partial charge on any atom is 0.259 e.